The Bertz CT molecular complexity index is 1150. The molecule has 0 radical (unpaired) electrons. The SMILES string of the molecule is COC(=O)C[C@](O)(CCC(C)(C)F)C(=O)OC1C(OC)=CC23CCCN2CCc2cc4c(cc2[C@H]13)OCO4. The molecular formula is C28H36FNO8. The van der Waals surface area contributed by atoms with Gasteiger partial charge in [-0.25, -0.2) is 9.18 Å². The van der Waals surface area contributed by atoms with Crippen LogP contribution in [0.25, 0.3) is 0 Å². The van der Waals surface area contributed by atoms with Crippen molar-refractivity contribution in [1.29, 1.82) is 0 Å². The third-order valence-electron chi connectivity index (χ3n) is 8.38. The third-order valence-corrected chi connectivity index (χ3v) is 8.38. The molecule has 5 rings (SSSR count). The zero-order chi connectivity index (χ0) is 27.3. The van der Waals surface area contributed by atoms with Crippen LogP contribution in [0, 0.1) is 0 Å². The molecule has 208 valence electrons. The molecule has 9 nitrogen and oxygen atoms in total. The van der Waals surface area contributed by atoms with Crippen molar-refractivity contribution in [2.45, 2.75) is 81.2 Å². The van der Waals surface area contributed by atoms with Crippen molar-refractivity contribution in [3.63, 3.8) is 0 Å². The van der Waals surface area contributed by atoms with E-state index < -0.39 is 41.3 Å². The van der Waals surface area contributed by atoms with Gasteiger partial charge in [0.15, 0.2) is 23.2 Å². The van der Waals surface area contributed by atoms with Gasteiger partial charge in [0, 0.05) is 6.54 Å². The molecular weight excluding hydrogens is 497 g/mol. The molecule has 1 N–H and O–H groups in total. The summed E-state index contributed by atoms with van der Waals surface area (Å²) in [6.45, 7) is 4.56. The van der Waals surface area contributed by atoms with Gasteiger partial charge in [-0.3, -0.25) is 9.69 Å². The van der Waals surface area contributed by atoms with Crippen molar-refractivity contribution in [2.75, 3.05) is 34.1 Å². The minimum absolute atomic E-state index is 0.144. The Kier molecular flexibility index (Phi) is 6.84. The minimum Gasteiger partial charge on any atom is -0.497 e. The molecule has 3 aliphatic heterocycles. The normalized spacial score (nSPS) is 27.4. The maximum Gasteiger partial charge on any atom is 0.339 e. The van der Waals surface area contributed by atoms with Gasteiger partial charge in [-0.05, 0) is 81.8 Å². The van der Waals surface area contributed by atoms with Gasteiger partial charge in [0.1, 0.15) is 11.4 Å². The average molecular weight is 534 g/mol. The van der Waals surface area contributed by atoms with Gasteiger partial charge < -0.3 is 28.8 Å². The van der Waals surface area contributed by atoms with E-state index in [1.165, 1.54) is 28.1 Å². The lowest BCUT2D eigenvalue weighted by Crippen LogP contribution is -2.49. The fourth-order valence-corrected chi connectivity index (χ4v) is 6.40. The lowest BCUT2D eigenvalue weighted by atomic mass is 9.77. The van der Waals surface area contributed by atoms with Crippen molar-refractivity contribution in [3.05, 3.63) is 35.1 Å². The second-order valence-corrected chi connectivity index (χ2v) is 11.3. The Morgan fingerprint density at radius 2 is 1.92 bits per heavy atom. The number of methoxy groups -OCH3 is 2. The van der Waals surface area contributed by atoms with E-state index in [4.69, 9.17) is 23.7 Å². The molecule has 0 amide bonds. The number of rotatable bonds is 8. The number of halogens is 1. The van der Waals surface area contributed by atoms with E-state index in [1.807, 2.05) is 18.2 Å². The van der Waals surface area contributed by atoms with E-state index in [0.717, 1.165) is 43.5 Å². The topological polar surface area (TPSA) is 104 Å². The predicted octanol–water partition coefficient (Wildman–Crippen LogP) is 3.17. The van der Waals surface area contributed by atoms with Crippen molar-refractivity contribution < 1.29 is 42.8 Å². The van der Waals surface area contributed by atoms with Crippen LogP contribution < -0.4 is 9.47 Å². The van der Waals surface area contributed by atoms with Gasteiger partial charge >= 0.3 is 11.9 Å². The maximum atomic E-state index is 14.4. The zero-order valence-electron chi connectivity index (χ0n) is 22.4. The first-order chi connectivity index (χ1) is 18.0. The van der Waals surface area contributed by atoms with E-state index in [9.17, 15) is 19.1 Å². The smallest absolute Gasteiger partial charge is 0.339 e. The van der Waals surface area contributed by atoms with E-state index in [-0.39, 0.29) is 25.6 Å². The van der Waals surface area contributed by atoms with Crippen molar-refractivity contribution in [1.82, 2.24) is 4.90 Å². The monoisotopic (exact) mass is 533 g/mol. The number of benzene rings is 1. The maximum absolute atomic E-state index is 14.4. The fraction of sp³-hybridized carbons (Fsp3) is 0.643. The van der Waals surface area contributed by atoms with E-state index in [1.54, 1.807) is 0 Å². The van der Waals surface area contributed by atoms with Gasteiger partial charge in [-0.2, -0.15) is 0 Å². The predicted molar refractivity (Wildman–Crippen MR) is 134 cm³/mol. The van der Waals surface area contributed by atoms with Crippen LogP contribution in [-0.4, -0.2) is 79.0 Å². The van der Waals surface area contributed by atoms with E-state index in [0.29, 0.717) is 17.3 Å². The molecule has 3 heterocycles. The standard InChI is InChI=1S/C28H36FNO8/c1-26(2,29)8-9-28(33,15-22(31)35-4)25(32)38-24-21(34-3)14-27-7-5-10-30(27)11-6-17-12-19-20(37-16-36-19)13-18(17)23(24)27/h12-14,23-24,33H,5-11,15-16H2,1-4H3/t23-,24?,27?,28-/m1/s1. The first-order valence-corrected chi connectivity index (χ1v) is 13.1. The van der Waals surface area contributed by atoms with Gasteiger partial charge in [0.05, 0.1) is 32.1 Å². The van der Waals surface area contributed by atoms with Crippen molar-refractivity contribution in [3.8, 4) is 11.5 Å². The number of fused-ring (bicyclic) bond motifs is 3. The molecule has 1 spiro atoms. The number of esters is 2. The molecule has 0 bridgehead atoms. The highest BCUT2D eigenvalue weighted by molar-refractivity contribution is 5.86. The Balaban J connectivity index is 1.53. The number of nitrogens with zero attached hydrogens (tertiary/aromatic N) is 1. The molecule has 4 atom stereocenters. The van der Waals surface area contributed by atoms with Crippen LogP contribution in [0.2, 0.25) is 0 Å². The molecule has 4 aliphatic rings. The molecule has 1 aliphatic carbocycles. The van der Waals surface area contributed by atoms with E-state index in [2.05, 4.69) is 4.90 Å². The summed E-state index contributed by atoms with van der Waals surface area (Å²) in [6.07, 6.45) is 2.69. The number of hydrogen-bond donors (Lipinski definition) is 1. The number of carbonyl (C=O) groups excluding carboxylic acids is 2. The van der Waals surface area contributed by atoms with Crippen LogP contribution in [0.15, 0.2) is 24.0 Å². The van der Waals surface area contributed by atoms with Crippen LogP contribution >= 0.6 is 0 Å². The summed E-state index contributed by atoms with van der Waals surface area (Å²) in [5.74, 6) is -0.335. The quantitative estimate of drug-likeness (QED) is 0.505. The van der Waals surface area contributed by atoms with Gasteiger partial charge in [0.25, 0.3) is 0 Å². The molecule has 0 aromatic heterocycles. The first-order valence-electron chi connectivity index (χ1n) is 13.1. The number of carbonyl (C=O) groups is 2. The molecule has 1 aromatic rings. The molecule has 0 saturated carbocycles. The van der Waals surface area contributed by atoms with Crippen LogP contribution in [-0.2, 0) is 30.2 Å². The summed E-state index contributed by atoms with van der Waals surface area (Å²) in [7, 11) is 2.70. The Morgan fingerprint density at radius 3 is 2.61 bits per heavy atom. The highest BCUT2D eigenvalue weighted by Crippen LogP contribution is 2.55. The second kappa shape index (κ2) is 9.72. The lowest BCUT2D eigenvalue weighted by Gasteiger charge is -2.39. The summed E-state index contributed by atoms with van der Waals surface area (Å²) in [4.78, 5) is 28.2. The minimum atomic E-state index is -2.26. The van der Waals surface area contributed by atoms with Crippen LogP contribution in [0.5, 0.6) is 11.5 Å². The molecule has 1 saturated heterocycles. The summed E-state index contributed by atoms with van der Waals surface area (Å²) >= 11 is 0. The highest BCUT2D eigenvalue weighted by atomic mass is 19.1. The summed E-state index contributed by atoms with van der Waals surface area (Å²) < 4.78 is 42.3. The second-order valence-electron chi connectivity index (χ2n) is 11.3. The van der Waals surface area contributed by atoms with Gasteiger partial charge in [-0.15, -0.1) is 0 Å². The molecule has 1 fully saturated rings. The largest absolute Gasteiger partial charge is 0.497 e. The van der Waals surface area contributed by atoms with Crippen LogP contribution in [0.1, 0.15) is 63.0 Å². The Labute approximate surface area is 221 Å². The molecule has 10 heteroatoms. The molecule has 1 aromatic carbocycles. The van der Waals surface area contributed by atoms with E-state index >= 15 is 0 Å². The fourth-order valence-electron chi connectivity index (χ4n) is 6.40. The van der Waals surface area contributed by atoms with Gasteiger partial charge in [-0.1, -0.05) is 0 Å². The van der Waals surface area contributed by atoms with Crippen LogP contribution in [0.3, 0.4) is 0 Å². The molecule has 38 heavy (non-hydrogen) atoms. The number of hydrogen-bond acceptors (Lipinski definition) is 9. The summed E-state index contributed by atoms with van der Waals surface area (Å²) in [6, 6.07) is 3.96. The van der Waals surface area contributed by atoms with Gasteiger partial charge in [0.2, 0.25) is 6.79 Å². The number of ether oxygens (including phenoxy) is 5. The number of aliphatic hydroxyl groups is 1. The van der Waals surface area contributed by atoms with Crippen molar-refractivity contribution in [2.24, 2.45) is 0 Å². The zero-order valence-corrected chi connectivity index (χ0v) is 22.4. The van der Waals surface area contributed by atoms with Crippen LogP contribution in [0.4, 0.5) is 4.39 Å². The van der Waals surface area contributed by atoms with Crippen molar-refractivity contribution >= 4 is 11.9 Å². The Morgan fingerprint density at radius 1 is 1.18 bits per heavy atom. The summed E-state index contributed by atoms with van der Waals surface area (Å²) in [5, 5.41) is 11.4. The Hall–Kier alpha value is -2.85. The number of alkyl halides is 1. The molecule has 2 unspecified atom stereocenters. The first kappa shape index (κ1) is 26.7. The highest BCUT2D eigenvalue weighted by Gasteiger charge is 2.59. The average Bonchev–Trinajstić information content (AvgIpc) is 3.56. The lowest BCUT2D eigenvalue weighted by molar-refractivity contribution is -0.179. The third kappa shape index (κ3) is 4.62. The summed E-state index contributed by atoms with van der Waals surface area (Å²) in [5.41, 5.74) is -2.32.